The molecule has 0 saturated carbocycles. The molecule has 0 atom stereocenters. The average molecular weight is 248 g/mol. The van der Waals surface area contributed by atoms with Gasteiger partial charge in [0.05, 0.1) is 5.69 Å². The van der Waals surface area contributed by atoms with Crippen molar-refractivity contribution in [1.82, 2.24) is 9.78 Å². The Kier molecular flexibility index (Phi) is 3.41. The van der Waals surface area contributed by atoms with Crippen LogP contribution in [0.25, 0.3) is 11.3 Å². The fourth-order valence-corrected chi connectivity index (χ4v) is 1.73. The van der Waals surface area contributed by atoms with E-state index in [0.717, 1.165) is 6.42 Å². The van der Waals surface area contributed by atoms with Gasteiger partial charge in [-0.15, -0.1) is 0 Å². The number of rotatable bonds is 4. The summed E-state index contributed by atoms with van der Waals surface area (Å²) in [5, 5.41) is 13.3. The molecule has 1 heterocycles. The number of aromatic nitrogens is 2. The van der Waals surface area contributed by atoms with Crippen molar-refractivity contribution in [2.45, 2.75) is 19.9 Å². The molecule has 5 heteroatoms. The average Bonchev–Trinajstić information content (AvgIpc) is 2.75. The van der Waals surface area contributed by atoms with Crippen molar-refractivity contribution in [3.63, 3.8) is 0 Å². The lowest BCUT2D eigenvalue weighted by atomic mass is 10.1. The normalized spacial score (nSPS) is 10.6. The number of carboxylic acids is 1. The minimum atomic E-state index is -1.01. The molecule has 2 aromatic rings. The van der Waals surface area contributed by atoms with Gasteiger partial charge in [-0.3, -0.25) is 4.68 Å². The van der Waals surface area contributed by atoms with Crippen LogP contribution in [-0.4, -0.2) is 20.9 Å². The van der Waals surface area contributed by atoms with Crippen LogP contribution < -0.4 is 0 Å². The summed E-state index contributed by atoms with van der Waals surface area (Å²) in [7, 11) is 0. The van der Waals surface area contributed by atoms with E-state index in [1.165, 1.54) is 22.9 Å². The van der Waals surface area contributed by atoms with Crippen LogP contribution in [0.4, 0.5) is 4.39 Å². The lowest BCUT2D eigenvalue weighted by Gasteiger charge is -2.00. The third kappa shape index (κ3) is 2.40. The largest absolute Gasteiger partial charge is 0.477 e. The SMILES string of the molecule is CCCn1nc(-c2ccc(F)cc2)cc1C(=O)O. The topological polar surface area (TPSA) is 55.1 Å². The van der Waals surface area contributed by atoms with Crippen LogP contribution in [0, 0.1) is 5.82 Å². The van der Waals surface area contributed by atoms with E-state index in [9.17, 15) is 9.18 Å². The minimum Gasteiger partial charge on any atom is -0.477 e. The fraction of sp³-hybridized carbons (Fsp3) is 0.231. The predicted molar refractivity (Wildman–Crippen MR) is 64.9 cm³/mol. The van der Waals surface area contributed by atoms with Crippen molar-refractivity contribution >= 4 is 5.97 Å². The second-order valence-corrected chi connectivity index (χ2v) is 3.95. The molecule has 0 unspecified atom stereocenters. The lowest BCUT2D eigenvalue weighted by Crippen LogP contribution is -2.09. The Morgan fingerprint density at radius 1 is 1.39 bits per heavy atom. The Morgan fingerprint density at radius 3 is 2.61 bits per heavy atom. The van der Waals surface area contributed by atoms with Gasteiger partial charge in [0.1, 0.15) is 11.5 Å². The molecule has 0 amide bonds. The zero-order chi connectivity index (χ0) is 13.1. The van der Waals surface area contributed by atoms with E-state index in [2.05, 4.69) is 5.10 Å². The number of halogens is 1. The first-order valence-corrected chi connectivity index (χ1v) is 5.69. The van der Waals surface area contributed by atoms with E-state index in [-0.39, 0.29) is 11.5 Å². The van der Waals surface area contributed by atoms with E-state index in [1.54, 1.807) is 12.1 Å². The van der Waals surface area contributed by atoms with Crippen LogP contribution in [0.3, 0.4) is 0 Å². The third-order valence-corrected chi connectivity index (χ3v) is 2.57. The molecule has 1 aromatic carbocycles. The summed E-state index contributed by atoms with van der Waals surface area (Å²) in [5.41, 5.74) is 1.39. The highest BCUT2D eigenvalue weighted by atomic mass is 19.1. The molecule has 0 bridgehead atoms. The van der Waals surface area contributed by atoms with Gasteiger partial charge >= 0.3 is 5.97 Å². The predicted octanol–water partition coefficient (Wildman–Crippen LogP) is 2.80. The maximum absolute atomic E-state index is 12.8. The van der Waals surface area contributed by atoms with Crippen molar-refractivity contribution in [1.29, 1.82) is 0 Å². The van der Waals surface area contributed by atoms with Gasteiger partial charge in [-0.25, -0.2) is 9.18 Å². The van der Waals surface area contributed by atoms with Crippen LogP contribution >= 0.6 is 0 Å². The van der Waals surface area contributed by atoms with E-state index in [4.69, 9.17) is 5.11 Å². The summed E-state index contributed by atoms with van der Waals surface area (Å²) in [5.74, 6) is -1.34. The summed E-state index contributed by atoms with van der Waals surface area (Å²) < 4.78 is 14.3. The van der Waals surface area contributed by atoms with Gasteiger partial charge in [0.15, 0.2) is 0 Å². The van der Waals surface area contributed by atoms with Gasteiger partial charge in [-0.1, -0.05) is 6.92 Å². The summed E-state index contributed by atoms with van der Waals surface area (Å²) in [6, 6.07) is 7.33. The van der Waals surface area contributed by atoms with Crippen molar-refractivity contribution in [2.75, 3.05) is 0 Å². The molecule has 0 saturated heterocycles. The molecule has 0 aliphatic carbocycles. The third-order valence-electron chi connectivity index (χ3n) is 2.57. The number of carbonyl (C=O) groups is 1. The maximum Gasteiger partial charge on any atom is 0.354 e. The second kappa shape index (κ2) is 5.00. The number of benzene rings is 1. The highest BCUT2D eigenvalue weighted by Crippen LogP contribution is 2.20. The number of hydrogen-bond acceptors (Lipinski definition) is 2. The first kappa shape index (κ1) is 12.3. The van der Waals surface area contributed by atoms with Crippen LogP contribution in [-0.2, 0) is 6.54 Å². The Labute approximate surface area is 104 Å². The molecular weight excluding hydrogens is 235 g/mol. The Bertz CT molecular complexity index is 561. The number of carboxylic acid groups (broad SMARTS) is 1. The maximum atomic E-state index is 12.8. The van der Waals surface area contributed by atoms with E-state index in [0.29, 0.717) is 17.8 Å². The van der Waals surface area contributed by atoms with Gasteiger partial charge in [0.2, 0.25) is 0 Å². The van der Waals surface area contributed by atoms with Gasteiger partial charge in [0, 0.05) is 12.1 Å². The standard InChI is InChI=1S/C13H13FN2O2/c1-2-7-16-12(13(17)18)8-11(15-16)9-3-5-10(14)6-4-9/h3-6,8H,2,7H2,1H3,(H,17,18). The number of nitrogens with zero attached hydrogens (tertiary/aromatic N) is 2. The summed E-state index contributed by atoms with van der Waals surface area (Å²) in [6.07, 6.45) is 0.796. The molecule has 1 N–H and O–H groups in total. The molecule has 4 nitrogen and oxygen atoms in total. The smallest absolute Gasteiger partial charge is 0.354 e. The van der Waals surface area contributed by atoms with Crippen molar-refractivity contribution in [3.8, 4) is 11.3 Å². The van der Waals surface area contributed by atoms with Gasteiger partial charge in [0.25, 0.3) is 0 Å². The Balaban J connectivity index is 2.42. The lowest BCUT2D eigenvalue weighted by molar-refractivity contribution is 0.0683. The zero-order valence-electron chi connectivity index (χ0n) is 9.93. The van der Waals surface area contributed by atoms with Crippen LogP contribution in [0.1, 0.15) is 23.8 Å². The summed E-state index contributed by atoms with van der Waals surface area (Å²) in [4.78, 5) is 11.1. The van der Waals surface area contributed by atoms with Crippen molar-refractivity contribution in [3.05, 3.63) is 41.8 Å². The molecule has 1 aromatic heterocycles. The number of aryl methyl sites for hydroxylation is 1. The van der Waals surface area contributed by atoms with Gasteiger partial charge in [-0.2, -0.15) is 5.10 Å². The quantitative estimate of drug-likeness (QED) is 0.905. The highest BCUT2D eigenvalue weighted by Gasteiger charge is 2.14. The first-order valence-electron chi connectivity index (χ1n) is 5.69. The van der Waals surface area contributed by atoms with E-state index < -0.39 is 5.97 Å². The molecule has 0 aliphatic heterocycles. The van der Waals surface area contributed by atoms with Gasteiger partial charge in [-0.05, 0) is 36.8 Å². The summed E-state index contributed by atoms with van der Waals surface area (Å²) in [6.45, 7) is 2.49. The first-order chi connectivity index (χ1) is 8.61. The molecule has 0 aliphatic rings. The fourth-order valence-electron chi connectivity index (χ4n) is 1.73. The minimum absolute atomic E-state index is 0.149. The number of aromatic carboxylic acids is 1. The van der Waals surface area contributed by atoms with E-state index in [1.807, 2.05) is 6.92 Å². The molecule has 18 heavy (non-hydrogen) atoms. The molecule has 2 rings (SSSR count). The molecule has 0 spiro atoms. The van der Waals surface area contributed by atoms with Crippen LogP contribution in [0.15, 0.2) is 30.3 Å². The monoisotopic (exact) mass is 248 g/mol. The Morgan fingerprint density at radius 2 is 2.06 bits per heavy atom. The molecule has 0 fully saturated rings. The zero-order valence-corrected chi connectivity index (χ0v) is 9.93. The van der Waals surface area contributed by atoms with Crippen molar-refractivity contribution in [2.24, 2.45) is 0 Å². The highest BCUT2D eigenvalue weighted by molar-refractivity contribution is 5.87. The van der Waals surface area contributed by atoms with Gasteiger partial charge < -0.3 is 5.11 Å². The summed E-state index contributed by atoms with van der Waals surface area (Å²) >= 11 is 0. The van der Waals surface area contributed by atoms with E-state index >= 15 is 0 Å². The molecular formula is C13H13FN2O2. The van der Waals surface area contributed by atoms with Crippen molar-refractivity contribution < 1.29 is 14.3 Å². The molecule has 94 valence electrons. The van der Waals surface area contributed by atoms with Crippen LogP contribution in [0.2, 0.25) is 0 Å². The number of hydrogen-bond donors (Lipinski definition) is 1. The molecule has 0 radical (unpaired) electrons. The van der Waals surface area contributed by atoms with Crippen LogP contribution in [0.5, 0.6) is 0 Å². The Hall–Kier alpha value is -2.17. The second-order valence-electron chi connectivity index (χ2n) is 3.95.